The van der Waals surface area contributed by atoms with E-state index in [0.29, 0.717) is 13.0 Å². The molecule has 5 nitrogen and oxygen atoms in total. The summed E-state index contributed by atoms with van der Waals surface area (Å²) in [5, 5.41) is 13.0. The molecule has 1 saturated carbocycles. The van der Waals surface area contributed by atoms with Gasteiger partial charge in [0.05, 0.1) is 24.7 Å². The van der Waals surface area contributed by atoms with Gasteiger partial charge in [0.15, 0.2) is 6.29 Å². The summed E-state index contributed by atoms with van der Waals surface area (Å²) in [4.78, 5) is 0. The Balaban J connectivity index is 1.78. The Kier molecular flexibility index (Phi) is 6.16. The van der Waals surface area contributed by atoms with Crippen LogP contribution in [0.3, 0.4) is 0 Å². The van der Waals surface area contributed by atoms with Crippen molar-refractivity contribution in [3.05, 3.63) is 60.7 Å². The Bertz CT molecular complexity index is 829. The summed E-state index contributed by atoms with van der Waals surface area (Å²) >= 11 is 0. The normalized spacial score (nSPS) is 30.6. The Morgan fingerprint density at radius 3 is 1.97 bits per heavy atom. The van der Waals surface area contributed by atoms with Crippen molar-refractivity contribution in [2.24, 2.45) is 5.92 Å². The number of hydrogen-bond donors (Lipinski definition) is 1. The van der Waals surface area contributed by atoms with Crippen LogP contribution in [0.15, 0.2) is 60.7 Å². The fraction of sp³-hybridized carbons (Fsp3) is 0.520. The van der Waals surface area contributed by atoms with Crippen LogP contribution in [0.2, 0.25) is 5.04 Å². The number of ether oxygens (including phenoxy) is 3. The van der Waals surface area contributed by atoms with E-state index in [9.17, 15) is 5.11 Å². The monoisotopic (exact) mass is 442 g/mol. The molecule has 1 aliphatic carbocycles. The minimum Gasteiger partial charge on any atom is -0.404 e. The summed E-state index contributed by atoms with van der Waals surface area (Å²) < 4.78 is 24.8. The van der Waals surface area contributed by atoms with Gasteiger partial charge in [0, 0.05) is 20.6 Å². The molecule has 0 spiro atoms. The minimum atomic E-state index is -2.72. The van der Waals surface area contributed by atoms with Crippen LogP contribution in [0.4, 0.5) is 0 Å². The fourth-order valence-corrected chi connectivity index (χ4v) is 10.3. The second-order valence-electron chi connectivity index (χ2n) is 9.74. The predicted octanol–water partition coefficient (Wildman–Crippen LogP) is 2.70. The third-order valence-electron chi connectivity index (χ3n) is 6.97. The summed E-state index contributed by atoms with van der Waals surface area (Å²) in [5.74, 6) is -0.210. The maximum atomic E-state index is 10.7. The van der Waals surface area contributed by atoms with E-state index in [1.165, 1.54) is 10.4 Å². The summed E-state index contributed by atoms with van der Waals surface area (Å²) in [7, 11) is 0.572. The lowest BCUT2D eigenvalue weighted by atomic mass is 10.0. The number of benzene rings is 2. The highest BCUT2D eigenvalue weighted by Crippen LogP contribution is 2.51. The Hall–Kier alpha value is -1.54. The van der Waals surface area contributed by atoms with Gasteiger partial charge in [-0.2, -0.15) is 0 Å². The van der Waals surface area contributed by atoms with Crippen LogP contribution in [-0.2, 0) is 18.6 Å². The molecule has 1 N–H and O–H groups in total. The van der Waals surface area contributed by atoms with Gasteiger partial charge in [-0.3, -0.25) is 0 Å². The van der Waals surface area contributed by atoms with Crippen molar-refractivity contribution in [2.45, 2.75) is 56.3 Å². The Morgan fingerprint density at radius 1 is 0.968 bits per heavy atom. The number of fused-ring (bicyclic) bond motifs is 2. The first-order chi connectivity index (χ1) is 14.8. The molecule has 2 aromatic carbocycles. The van der Waals surface area contributed by atoms with Gasteiger partial charge in [-0.25, -0.2) is 0 Å². The first-order valence-electron chi connectivity index (χ1n) is 11.0. The quantitative estimate of drug-likeness (QED) is 0.668. The number of aliphatic hydroxyl groups is 1. The number of hydrogen-bond acceptors (Lipinski definition) is 5. The highest BCUT2D eigenvalue weighted by atomic mass is 28.4. The lowest BCUT2D eigenvalue weighted by Crippen LogP contribution is -2.68. The molecule has 0 amide bonds. The molecule has 2 aliphatic rings. The lowest BCUT2D eigenvalue weighted by molar-refractivity contribution is -0.218. The molecule has 1 aliphatic heterocycles. The lowest BCUT2D eigenvalue weighted by Gasteiger charge is -2.45. The molecule has 0 aromatic heterocycles. The standard InChI is InChI=1S/C25H34O5Si/c1-24(2,3)31(18-12-8-6-9-13-18,19-14-10-7-11-15-19)29-17-25-16-20(26)21(22(25)27-4)23(28-5)30-25/h6-15,20-23,26H,16-17H2,1-5H3/t20-,21-,22+,23?,25-/m1/s1. The molecule has 168 valence electrons. The van der Waals surface area contributed by atoms with Crippen LogP contribution in [0.1, 0.15) is 27.2 Å². The molecule has 0 radical (unpaired) electrons. The van der Waals surface area contributed by atoms with Gasteiger partial charge in [-0.15, -0.1) is 0 Å². The second-order valence-corrected chi connectivity index (χ2v) is 14.0. The topological polar surface area (TPSA) is 57.2 Å². The van der Waals surface area contributed by atoms with Gasteiger partial charge in [0.1, 0.15) is 5.60 Å². The van der Waals surface area contributed by atoms with Crippen molar-refractivity contribution >= 4 is 18.7 Å². The molecule has 2 aromatic rings. The molecular formula is C25H34O5Si. The van der Waals surface area contributed by atoms with E-state index >= 15 is 0 Å². The van der Waals surface area contributed by atoms with E-state index in [1.807, 2.05) is 12.1 Å². The van der Waals surface area contributed by atoms with Crippen molar-refractivity contribution in [1.82, 2.24) is 0 Å². The van der Waals surface area contributed by atoms with Gasteiger partial charge in [-0.1, -0.05) is 81.4 Å². The molecule has 2 fully saturated rings. The van der Waals surface area contributed by atoms with Crippen molar-refractivity contribution in [1.29, 1.82) is 0 Å². The summed E-state index contributed by atoms with van der Waals surface area (Å²) in [6.45, 7) is 7.10. The zero-order valence-electron chi connectivity index (χ0n) is 19.1. The Morgan fingerprint density at radius 2 is 1.52 bits per heavy atom. The van der Waals surface area contributed by atoms with E-state index in [4.69, 9.17) is 18.6 Å². The average Bonchev–Trinajstić information content (AvgIpc) is 3.22. The smallest absolute Gasteiger partial charge is 0.261 e. The van der Waals surface area contributed by atoms with Crippen LogP contribution in [0.5, 0.6) is 0 Å². The summed E-state index contributed by atoms with van der Waals surface area (Å²) in [5.41, 5.74) is -0.730. The molecule has 1 unspecified atom stereocenters. The van der Waals surface area contributed by atoms with Crippen molar-refractivity contribution in [3.63, 3.8) is 0 Å². The minimum absolute atomic E-state index is 0.134. The molecule has 4 rings (SSSR count). The van der Waals surface area contributed by atoms with E-state index < -0.39 is 26.3 Å². The first-order valence-corrected chi connectivity index (χ1v) is 12.9. The van der Waals surface area contributed by atoms with Crippen LogP contribution < -0.4 is 10.4 Å². The Labute approximate surface area is 186 Å². The van der Waals surface area contributed by atoms with Crippen molar-refractivity contribution in [2.75, 3.05) is 20.8 Å². The third kappa shape index (κ3) is 3.59. The largest absolute Gasteiger partial charge is 0.404 e. The van der Waals surface area contributed by atoms with E-state index in [1.54, 1.807) is 14.2 Å². The van der Waals surface area contributed by atoms with Gasteiger partial charge < -0.3 is 23.7 Å². The molecular weight excluding hydrogens is 408 g/mol. The van der Waals surface area contributed by atoms with Crippen LogP contribution in [-0.4, -0.2) is 58.3 Å². The first kappa shape index (κ1) is 22.6. The number of rotatable bonds is 7. The van der Waals surface area contributed by atoms with E-state index in [0.717, 1.165) is 0 Å². The zero-order valence-corrected chi connectivity index (χ0v) is 20.1. The summed E-state index contributed by atoms with van der Waals surface area (Å²) in [6, 6.07) is 21.1. The fourth-order valence-electron chi connectivity index (χ4n) is 5.65. The second kappa shape index (κ2) is 8.43. The van der Waals surface area contributed by atoms with Crippen LogP contribution in [0.25, 0.3) is 0 Å². The van der Waals surface area contributed by atoms with E-state index in [-0.39, 0.29) is 17.1 Å². The highest BCUT2D eigenvalue weighted by Gasteiger charge is 2.66. The molecule has 5 atom stereocenters. The molecule has 1 saturated heterocycles. The van der Waals surface area contributed by atoms with Crippen LogP contribution >= 0.6 is 0 Å². The molecule has 6 heteroatoms. The molecule has 31 heavy (non-hydrogen) atoms. The predicted molar refractivity (Wildman–Crippen MR) is 123 cm³/mol. The van der Waals surface area contributed by atoms with Crippen molar-refractivity contribution in [3.8, 4) is 0 Å². The summed E-state index contributed by atoms with van der Waals surface area (Å²) in [6.07, 6.45) is -0.817. The van der Waals surface area contributed by atoms with Crippen LogP contribution in [0, 0.1) is 5.92 Å². The maximum Gasteiger partial charge on any atom is 0.261 e. The maximum absolute atomic E-state index is 10.7. The number of aliphatic hydroxyl groups excluding tert-OH is 1. The van der Waals surface area contributed by atoms with E-state index in [2.05, 4.69) is 69.3 Å². The van der Waals surface area contributed by atoms with Gasteiger partial charge in [0.25, 0.3) is 8.32 Å². The number of methoxy groups -OCH3 is 2. The average molecular weight is 443 g/mol. The third-order valence-corrected chi connectivity index (χ3v) is 12.0. The van der Waals surface area contributed by atoms with Gasteiger partial charge in [0.2, 0.25) is 0 Å². The zero-order chi connectivity index (χ0) is 22.3. The molecule has 1 heterocycles. The SMILES string of the molecule is COC1O[C@@]2(CO[Si](c3ccccc3)(c3ccccc3)C(C)(C)C)C[C@@H](O)[C@@H]1[C@@H]2OC. The molecule has 2 bridgehead atoms. The van der Waals surface area contributed by atoms with Crippen molar-refractivity contribution < 1.29 is 23.7 Å². The highest BCUT2D eigenvalue weighted by molar-refractivity contribution is 6.99. The van der Waals surface area contributed by atoms with Gasteiger partial charge >= 0.3 is 0 Å². The van der Waals surface area contributed by atoms with Gasteiger partial charge in [-0.05, 0) is 15.4 Å².